The molecule has 1 rings (SSSR count). The lowest BCUT2D eigenvalue weighted by Crippen LogP contribution is -2.42. The lowest BCUT2D eigenvalue weighted by atomic mass is 9.88. The molecule has 0 atom stereocenters. The SMILES string of the molecule is CN(CCCCC(C)(C)C)C1CCC(N(C)CCCCC(C)(C)C)CC1. The van der Waals surface area contributed by atoms with Crippen molar-refractivity contribution in [3.05, 3.63) is 0 Å². The van der Waals surface area contributed by atoms with Crippen LogP contribution in [0.5, 0.6) is 0 Å². The molecule has 0 heterocycles. The number of hydrogen-bond acceptors (Lipinski definition) is 2. The molecule has 0 aromatic heterocycles. The van der Waals surface area contributed by atoms with Gasteiger partial charge in [-0.15, -0.1) is 0 Å². The van der Waals surface area contributed by atoms with Crippen LogP contribution in [0.25, 0.3) is 0 Å². The van der Waals surface area contributed by atoms with Gasteiger partial charge in [0.05, 0.1) is 0 Å². The maximum absolute atomic E-state index is 2.65. The molecule has 0 spiro atoms. The Morgan fingerprint density at radius 2 is 0.885 bits per heavy atom. The molecular weight excluding hydrogens is 316 g/mol. The Bertz CT molecular complexity index is 319. The quantitative estimate of drug-likeness (QED) is 0.402. The van der Waals surface area contributed by atoms with Crippen molar-refractivity contribution in [2.24, 2.45) is 10.8 Å². The summed E-state index contributed by atoms with van der Waals surface area (Å²) < 4.78 is 0. The zero-order chi connectivity index (χ0) is 19.8. The molecule has 26 heavy (non-hydrogen) atoms. The highest BCUT2D eigenvalue weighted by molar-refractivity contribution is 4.82. The smallest absolute Gasteiger partial charge is 0.00933 e. The number of hydrogen-bond donors (Lipinski definition) is 0. The summed E-state index contributed by atoms with van der Waals surface area (Å²) in [6.07, 6.45) is 13.8. The Kier molecular flexibility index (Phi) is 10.2. The van der Waals surface area contributed by atoms with Gasteiger partial charge in [0.2, 0.25) is 0 Å². The Balaban J connectivity index is 2.16. The van der Waals surface area contributed by atoms with E-state index in [4.69, 9.17) is 0 Å². The second kappa shape index (κ2) is 11.1. The highest BCUT2D eigenvalue weighted by atomic mass is 15.2. The third-order valence-corrected chi connectivity index (χ3v) is 6.29. The first-order chi connectivity index (χ1) is 12.0. The van der Waals surface area contributed by atoms with Gasteiger partial charge in [0, 0.05) is 12.1 Å². The number of rotatable bonds is 10. The Morgan fingerprint density at radius 3 is 1.15 bits per heavy atom. The fourth-order valence-corrected chi connectivity index (χ4v) is 4.34. The maximum Gasteiger partial charge on any atom is 0.00933 e. The standard InChI is InChI=1S/C24H50N2/c1-23(2,3)17-9-11-19-25(7)21-13-15-22(16-14-21)26(8)20-12-10-18-24(4,5)6/h21-22H,9-20H2,1-8H3. The van der Waals surface area contributed by atoms with Crippen LogP contribution in [0, 0.1) is 10.8 Å². The summed E-state index contributed by atoms with van der Waals surface area (Å²) in [5, 5.41) is 0. The van der Waals surface area contributed by atoms with Gasteiger partial charge in [0.15, 0.2) is 0 Å². The van der Waals surface area contributed by atoms with E-state index in [0.29, 0.717) is 10.8 Å². The van der Waals surface area contributed by atoms with Gasteiger partial charge in [-0.3, -0.25) is 0 Å². The topological polar surface area (TPSA) is 6.48 Å². The van der Waals surface area contributed by atoms with E-state index in [1.165, 1.54) is 77.3 Å². The predicted molar refractivity (Wildman–Crippen MR) is 118 cm³/mol. The lowest BCUT2D eigenvalue weighted by molar-refractivity contribution is 0.121. The van der Waals surface area contributed by atoms with Gasteiger partial charge in [-0.2, -0.15) is 0 Å². The summed E-state index contributed by atoms with van der Waals surface area (Å²) in [5.41, 5.74) is 0.988. The van der Waals surface area contributed by atoms with Crippen molar-refractivity contribution < 1.29 is 0 Å². The van der Waals surface area contributed by atoms with Gasteiger partial charge in [-0.25, -0.2) is 0 Å². The van der Waals surface area contributed by atoms with Crippen LogP contribution in [0.2, 0.25) is 0 Å². The molecule has 1 saturated carbocycles. The third kappa shape index (κ3) is 10.9. The average Bonchev–Trinajstić information content (AvgIpc) is 2.53. The van der Waals surface area contributed by atoms with Crippen molar-refractivity contribution in [1.82, 2.24) is 9.80 Å². The van der Waals surface area contributed by atoms with Crippen LogP contribution in [0.1, 0.15) is 106 Å². The van der Waals surface area contributed by atoms with E-state index in [2.05, 4.69) is 65.4 Å². The van der Waals surface area contributed by atoms with Crippen LogP contribution in [0.15, 0.2) is 0 Å². The third-order valence-electron chi connectivity index (χ3n) is 6.29. The summed E-state index contributed by atoms with van der Waals surface area (Å²) in [4.78, 5) is 5.31. The van der Waals surface area contributed by atoms with Crippen LogP contribution in [0.4, 0.5) is 0 Å². The van der Waals surface area contributed by atoms with Gasteiger partial charge in [-0.05, 0) is 89.4 Å². The molecule has 0 aromatic carbocycles. The molecule has 0 amide bonds. The summed E-state index contributed by atoms with van der Waals surface area (Å²) in [5.74, 6) is 0. The van der Waals surface area contributed by atoms with Crippen LogP contribution in [-0.2, 0) is 0 Å². The van der Waals surface area contributed by atoms with Crippen molar-refractivity contribution in [3.63, 3.8) is 0 Å². The zero-order valence-corrected chi connectivity index (χ0v) is 19.5. The van der Waals surface area contributed by atoms with Crippen LogP contribution < -0.4 is 0 Å². The second-order valence-corrected chi connectivity index (χ2v) is 11.5. The van der Waals surface area contributed by atoms with Crippen molar-refractivity contribution in [2.75, 3.05) is 27.2 Å². The van der Waals surface area contributed by atoms with Crippen molar-refractivity contribution >= 4 is 0 Å². The maximum atomic E-state index is 2.65. The van der Waals surface area contributed by atoms with Crippen LogP contribution in [0.3, 0.4) is 0 Å². The molecule has 0 N–H and O–H groups in total. The molecule has 0 saturated heterocycles. The van der Waals surface area contributed by atoms with Gasteiger partial charge in [-0.1, -0.05) is 54.4 Å². The normalized spacial score (nSPS) is 22.4. The van der Waals surface area contributed by atoms with Gasteiger partial charge in [0.1, 0.15) is 0 Å². The summed E-state index contributed by atoms with van der Waals surface area (Å²) in [6, 6.07) is 1.66. The van der Waals surface area contributed by atoms with Gasteiger partial charge in [0.25, 0.3) is 0 Å². The lowest BCUT2D eigenvalue weighted by Gasteiger charge is -2.38. The van der Waals surface area contributed by atoms with Crippen molar-refractivity contribution in [1.29, 1.82) is 0 Å². The van der Waals surface area contributed by atoms with E-state index in [0.717, 1.165) is 12.1 Å². The van der Waals surface area contributed by atoms with E-state index in [-0.39, 0.29) is 0 Å². The molecule has 156 valence electrons. The fraction of sp³-hybridized carbons (Fsp3) is 1.00. The Morgan fingerprint density at radius 1 is 0.577 bits per heavy atom. The van der Waals surface area contributed by atoms with E-state index >= 15 is 0 Å². The number of nitrogens with zero attached hydrogens (tertiary/aromatic N) is 2. The minimum absolute atomic E-state index is 0.494. The zero-order valence-electron chi connectivity index (χ0n) is 19.5. The molecule has 2 nitrogen and oxygen atoms in total. The average molecular weight is 367 g/mol. The largest absolute Gasteiger partial charge is 0.303 e. The molecule has 2 heteroatoms. The molecule has 0 radical (unpaired) electrons. The van der Waals surface area contributed by atoms with Crippen molar-refractivity contribution in [3.8, 4) is 0 Å². The molecule has 1 fully saturated rings. The summed E-state index contributed by atoms with van der Waals surface area (Å²) in [7, 11) is 4.72. The predicted octanol–water partition coefficient (Wildman–Crippen LogP) is 6.59. The minimum Gasteiger partial charge on any atom is -0.303 e. The van der Waals surface area contributed by atoms with Crippen LogP contribution >= 0.6 is 0 Å². The molecule has 1 aliphatic rings. The first kappa shape index (κ1) is 24.0. The van der Waals surface area contributed by atoms with Crippen LogP contribution in [-0.4, -0.2) is 49.1 Å². The molecule has 0 unspecified atom stereocenters. The molecule has 0 bridgehead atoms. The summed E-state index contributed by atoms with van der Waals surface area (Å²) in [6.45, 7) is 16.7. The van der Waals surface area contributed by atoms with E-state index < -0.39 is 0 Å². The highest BCUT2D eigenvalue weighted by Crippen LogP contribution is 2.27. The van der Waals surface area contributed by atoms with E-state index in [9.17, 15) is 0 Å². The van der Waals surface area contributed by atoms with Gasteiger partial charge >= 0.3 is 0 Å². The Labute approximate surface area is 166 Å². The second-order valence-electron chi connectivity index (χ2n) is 11.5. The summed E-state index contributed by atoms with van der Waals surface area (Å²) >= 11 is 0. The minimum atomic E-state index is 0.494. The Hall–Kier alpha value is -0.0800. The molecule has 0 aliphatic heterocycles. The monoisotopic (exact) mass is 366 g/mol. The van der Waals surface area contributed by atoms with E-state index in [1.807, 2.05) is 0 Å². The fourth-order valence-electron chi connectivity index (χ4n) is 4.34. The van der Waals surface area contributed by atoms with Crippen molar-refractivity contribution in [2.45, 2.75) is 118 Å². The molecule has 1 aliphatic carbocycles. The highest BCUT2D eigenvalue weighted by Gasteiger charge is 2.26. The first-order valence-corrected chi connectivity index (χ1v) is 11.4. The van der Waals surface area contributed by atoms with Gasteiger partial charge < -0.3 is 9.80 Å². The number of unbranched alkanes of at least 4 members (excludes halogenated alkanes) is 2. The molecule has 0 aromatic rings. The van der Waals surface area contributed by atoms with E-state index in [1.54, 1.807) is 0 Å². The molecular formula is C24H50N2. The first-order valence-electron chi connectivity index (χ1n) is 11.4.